The lowest BCUT2D eigenvalue weighted by atomic mass is 10.1. The van der Waals surface area contributed by atoms with Gasteiger partial charge in [0.15, 0.2) is 0 Å². The highest BCUT2D eigenvalue weighted by Crippen LogP contribution is 2.39. The van der Waals surface area contributed by atoms with Crippen LogP contribution in [0.15, 0.2) is 12.1 Å². The van der Waals surface area contributed by atoms with Gasteiger partial charge in [0.1, 0.15) is 11.3 Å². The zero-order valence-corrected chi connectivity index (χ0v) is 7.73. The molecule has 0 aromatic heterocycles. The summed E-state index contributed by atoms with van der Waals surface area (Å²) in [6, 6.07) is 1.21. The number of benzene rings is 1. The second kappa shape index (κ2) is 3.62. The Labute approximate surface area is 86.7 Å². The maximum atomic E-state index is 12.3. The Balaban J connectivity index is 3.49. The summed E-state index contributed by atoms with van der Waals surface area (Å²) in [7, 11) is 0. The van der Waals surface area contributed by atoms with Gasteiger partial charge in [-0.1, -0.05) is 11.6 Å². The molecule has 82 valence electrons. The molecular formula is C8H4ClF3O3. The molecule has 0 aliphatic rings. The summed E-state index contributed by atoms with van der Waals surface area (Å²) in [6.45, 7) is 0. The highest BCUT2D eigenvalue weighted by atomic mass is 35.5. The standard InChI is InChI=1S/C8H4ClF3O3/c9-3-1-4(7(14)15)6(13)5(2-3)8(10,11)12/h1-2,13H,(H,14,15). The van der Waals surface area contributed by atoms with Crippen molar-refractivity contribution in [1.29, 1.82) is 0 Å². The van der Waals surface area contributed by atoms with Gasteiger partial charge in [-0.15, -0.1) is 0 Å². The molecule has 0 aliphatic heterocycles. The minimum Gasteiger partial charge on any atom is -0.506 e. The fourth-order valence-electron chi connectivity index (χ4n) is 0.978. The predicted molar refractivity (Wildman–Crippen MR) is 45.1 cm³/mol. The predicted octanol–water partition coefficient (Wildman–Crippen LogP) is 2.76. The number of rotatable bonds is 1. The number of carboxylic acid groups (broad SMARTS) is 1. The molecule has 0 aliphatic carbocycles. The van der Waals surface area contributed by atoms with Crippen LogP contribution in [0, 0.1) is 0 Å². The first-order chi connectivity index (χ1) is 6.73. The third-order valence-electron chi connectivity index (χ3n) is 1.61. The average molecular weight is 241 g/mol. The maximum absolute atomic E-state index is 12.3. The smallest absolute Gasteiger partial charge is 0.420 e. The summed E-state index contributed by atoms with van der Waals surface area (Å²) in [5, 5.41) is 17.1. The third kappa shape index (κ3) is 2.33. The summed E-state index contributed by atoms with van der Waals surface area (Å²) in [6.07, 6.45) is -4.85. The van der Waals surface area contributed by atoms with Crippen molar-refractivity contribution in [2.75, 3.05) is 0 Å². The van der Waals surface area contributed by atoms with Crippen molar-refractivity contribution in [3.05, 3.63) is 28.3 Å². The molecule has 0 unspecified atom stereocenters. The number of hydrogen-bond donors (Lipinski definition) is 2. The van der Waals surface area contributed by atoms with Gasteiger partial charge in [0.2, 0.25) is 0 Å². The van der Waals surface area contributed by atoms with Crippen molar-refractivity contribution < 1.29 is 28.2 Å². The van der Waals surface area contributed by atoms with E-state index in [0.717, 1.165) is 6.07 Å². The van der Waals surface area contributed by atoms with E-state index >= 15 is 0 Å². The normalized spacial score (nSPS) is 11.5. The van der Waals surface area contributed by atoms with Crippen LogP contribution in [-0.4, -0.2) is 16.2 Å². The Morgan fingerprint density at radius 2 is 1.87 bits per heavy atom. The fraction of sp³-hybridized carbons (Fsp3) is 0.125. The molecule has 0 heterocycles. The molecule has 1 aromatic carbocycles. The molecule has 1 rings (SSSR count). The van der Waals surface area contributed by atoms with Gasteiger partial charge in [-0.3, -0.25) is 0 Å². The lowest BCUT2D eigenvalue weighted by molar-refractivity contribution is -0.138. The van der Waals surface area contributed by atoms with Crippen LogP contribution in [0.4, 0.5) is 13.2 Å². The van der Waals surface area contributed by atoms with Crippen molar-refractivity contribution >= 4 is 17.6 Å². The number of aromatic carboxylic acids is 1. The first kappa shape index (κ1) is 11.6. The molecule has 0 atom stereocenters. The number of carboxylic acids is 1. The Morgan fingerprint density at radius 3 is 2.27 bits per heavy atom. The van der Waals surface area contributed by atoms with Gasteiger partial charge >= 0.3 is 12.1 Å². The van der Waals surface area contributed by atoms with Crippen LogP contribution in [0.2, 0.25) is 5.02 Å². The number of halogens is 4. The molecule has 0 saturated carbocycles. The Hall–Kier alpha value is -1.43. The van der Waals surface area contributed by atoms with Gasteiger partial charge in [0.05, 0.1) is 5.56 Å². The summed E-state index contributed by atoms with van der Waals surface area (Å²) in [4.78, 5) is 10.5. The molecule has 0 amide bonds. The van der Waals surface area contributed by atoms with E-state index in [1.54, 1.807) is 0 Å². The molecule has 0 bridgehead atoms. The van der Waals surface area contributed by atoms with Gasteiger partial charge in [-0.2, -0.15) is 13.2 Å². The second-order valence-corrected chi connectivity index (χ2v) is 3.09. The number of carbonyl (C=O) groups is 1. The summed E-state index contributed by atoms with van der Waals surface area (Å²) < 4.78 is 36.8. The van der Waals surface area contributed by atoms with Crippen molar-refractivity contribution in [2.24, 2.45) is 0 Å². The fourth-order valence-corrected chi connectivity index (χ4v) is 1.20. The second-order valence-electron chi connectivity index (χ2n) is 2.65. The molecule has 0 saturated heterocycles. The van der Waals surface area contributed by atoms with Gasteiger partial charge in [-0.25, -0.2) is 4.79 Å². The van der Waals surface area contributed by atoms with Crippen molar-refractivity contribution in [1.82, 2.24) is 0 Å². The molecule has 1 aromatic rings. The molecule has 2 N–H and O–H groups in total. The van der Waals surface area contributed by atoms with E-state index in [-0.39, 0.29) is 0 Å². The quantitative estimate of drug-likeness (QED) is 0.794. The van der Waals surface area contributed by atoms with Crippen LogP contribution in [-0.2, 0) is 6.18 Å². The number of alkyl halides is 3. The average Bonchev–Trinajstić information content (AvgIpc) is 2.06. The largest absolute Gasteiger partial charge is 0.506 e. The Bertz CT molecular complexity index is 414. The first-order valence-electron chi connectivity index (χ1n) is 3.56. The maximum Gasteiger partial charge on any atom is 0.420 e. The monoisotopic (exact) mass is 240 g/mol. The highest BCUT2D eigenvalue weighted by Gasteiger charge is 2.36. The molecule has 3 nitrogen and oxygen atoms in total. The van der Waals surface area contributed by atoms with E-state index in [1.807, 2.05) is 0 Å². The van der Waals surface area contributed by atoms with Crippen LogP contribution in [0.1, 0.15) is 15.9 Å². The number of phenols is 1. The van der Waals surface area contributed by atoms with E-state index in [1.165, 1.54) is 0 Å². The van der Waals surface area contributed by atoms with Gasteiger partial charge in [0.25, 0.3) is 0 Å². The lowest BCUT2D eigenvalue weighted by Gasteiger charge is -2.11. The zero-order chi connectivity index (χ0) is 11.8. The SMILES string of the molecule is O=C(O)c1cc(Cl)cc(C(F)(F)F)c1O. The molecule has 15 heavy (non-hydrogen) atoms. The highest BCUT2D eigenvalue weighted by molar-refractivity contribution is 6.31. The third-order valence-corrected chi connectivity index (χ3v) is 1.83. The summed E-state index contributed by atoms with van der Waals surface area (Å²) in [5.74, 6) is -3.01. The van der Waals surface area contributed by atoms with E-state index in [9.17, 15) is 18.0 Å². The minimum atomic E-state index is -4.85. The van der Waals surface area contributed by atoms with Gasteiger partial charge in [-0.05, 0) is 12.1 Å². The van der Waals surface area contributed by atoms with Crippen LogP contribution in [0.25, 0.3) is 0 Å². The minimum absolute atomic E-state index is 0.405. The molecule has 0 spiro atoms. The van der Waals surface area contributed by atoms with Crippen molar-refractivity contribution in [2.45, 2.75) is 6.18 Å². The first-order valence-corrected chi connectivity index (χ1v) is 3.94. The van der Waals surface area contributed by atoms with Crippen molar-refractivity contribution in [3.8, 4) is 5.75 Å². The van der Waals surface area contributed by atoms with E-state index in [4.69, 9.17) is 21.8 Å². The molecule has 7 heteroatoms. The van der Waals surface area contributed by atoms with E-state index < -0.39 is 34.0 Å². The van der Waals surface area contributed by atoms with Gasteiger partial charge < -0.3 is 10.2 Å². The van der Waals surface area contributed by atoms with Crippen LogP contribution in [0.3, 0.4) is 0 Å². The zero-order valence-electron chi connectivity index (χ0n) is 6.97. The lowest BCUT2D eigenvalue weighted by Crippen LogP contribution is -2.08. The number of hydrogen-bond acceptors (Lipinski definition) is 2. The molecule has 0 radical (unpaired) electrons. The summed E-state index contributed by atoms with van der Waals surface area (Å²) >= 11 is 5.30. The summed E-state index contributed by atoms with van der Waals surface area (Å²) in [5.41, 5.74) is -2.35. The van der Waals surface area contributed by atoms with Crippen LogP contribution < -0.4 is 0 Å². The topological polar surface area (TPSA) is 57.5 Å². The van der Waals surface area contributed by atoms with Crippen LogP contribution >= 0.6 is 11.6 Å². The molecular weight excluding hydrogens is 237 g/mol. The van der Waals surface area contributed by atoms with Crippen molar-refractivity contribution in [3.63, 3.8) is 0 Å². The van der Waals surface area contributed by atoms with Crippen LogP contribution in [0.5, 0.6) is 5.75 Å². The van der Waals surface area contributed by atoms with E-state index in [2.05, 4.69) is 0 Å². The molecule has 0 fully saturated rings. The van der Waals surface area contributed by atoms with Gasteiger partial charge in [0, 0.05) is 5.02 Å². The Kier molecular flexibility index (Phi) is 2.81. The van der Waals surface area contributed by atoms with E-state index in [0.29, 0.717) is 6.07 Å². The Morgan fingerprint density at radius 1 is 1.33 bits per heavy atom. The number of aromatic hydroxyl groups is 1.